The van der Waals surface area contributed by atoms with E-state index in [-0.39, 0.29) is 30.5 Å². The Morgan fingerprint density at radius 3 is 2.44 bits per heavy atom. The molecule has 0 radical (unpaired) electrons. The molecule has 9 nitrogen and oxygen atoms in total. The number of benzene rings is 2. The predicted molar refractivity (Wildman–Crippen MR) is 142 cm³/mol. The van der Waals surface area contributed by atoms with Gasteiger partial charge in [-0.2, -0.15) is 15.1 Å². The maximum Gasteiger partial charge on any atom is 0.283 e. The van der Waals surface area contributed by atoms with E-state index in [0.717, 1.165) is 10.8 Å². The maximum atomic E-state index is 12.7. The predicted octanol–water partition coefficient (Wildman–Crippen LogP) is 5.09. The number of aliphatic imine (C=N–C) groups is 1. The molecule has 11 heteroatoms. The molecule has 2 aliphatic heterocycles. The van der Waals surface area contributed by atoms with E-state index in [9.17, 15) is 4.79 Å². The first kappa shape index (κ1) is 25.6. The van der Waals surface area contributed by atoms with Crippen LogP contribution >= 0.6 is 23.4 Å². The minimum Gasteiger partial charge on any atom is -0.497 e. The van der Waals surface area contributed by atoms with E-state index in [0.29, 0.717) is 33.0 Å². The molecule has 0 atom stereocenters. The molecule has 0 fully saturated rings. The van der Waals surface area contributed by atoms with Crippen LogP contribution in [0.5, 0.6) is 23.0 Å². The van der Waals surface area contributed by atoms with Gasteiger partial charge in [-0.05, 0) is 59.8 Å². The van der Waals surface area contributed by atoms with Gasteiger partial charge in [0.1, 0.15) is 29.8 Å². The summed E-state index contributed by atoms with van der Waals surface area (Å²) >= 11 is 7.79. The molecule has 1 amide bonds. The van der Waals surface area contributed by atoms with Gasteiger partial charge in [0.25, 0.3) is 5.91 Å². The average molecular weight is 529 g/mol. The highest BCUT2D eigenvalue weighted by atomic mass is 35.5. The summed E-state index contributed by atoms with van der Waals surface area (Å²) in [5.74, 6) is 1.78. The molecular weight excluding hydrogens is 504 g/mol. The summed E-state index contributed by atoms with van der Waals surface area (Å²) in [6.45, 7) is 4.51. The van der Waals surface area contributed by atoms with Crippen LogP contribution in [0.25, 0.3) is 6.08 Å². The first-order valence-electron chi connectivity index (χ1n) is 11.1. The average Bonchev–Trinajstić information content (AvgIpc) is 3.30. The number of carbonyl (C=O) groups excluding carboxylic acids is 1. The molecule has 36 heavy (non-hydrogen) atoms. The Labute approximate surface area is 218 Å². The molecule has 0 aromatic heterocycles. The monoisotopic (exact) mass is 528 g/mol. The number of fused-ring (bicyclic) bond motifs is 1. The number of nitrogens with zero attached hydrogens (tertiary/aromatic N) is 3. The molecule has 188 valence electrons. The minimum absolute atomic E-state index is 0.0424. The molecule has 0 aliphatic carbocycles. The van der Waals surface area contributed by atoms with Crippen molar-refractivity contribution in [3.8, 4) is 23.0 Å². The van der Waals surface area contributed by atoms with Crippen molar-refractivity contribution >= 4 is 51.4 Å². The number of carbonyl (C=O) groups is 1. The lowest BCUT2D eigenvalue weighted by Crippen LogP contribution is -2.35. The number of ether oxygens (including phenoxy) is 4. The molecule has 2 aromatic carbocycles. The van der Waals surface area contributed by atoms with Crippen LogP contribution in [-0.2, 0) is 4.79 Å². The van der Waals surface area contributed by atoms with Gasteiger partial charge in [0.2, 0.25) is 5.17 Å². The third kappa shape index (κ3) is 5.50. The van der Waals surface area contributed by atoms with Gasteiger partial charge in [-0.1, -0.05) is 25.4 Å². The Balaban J connectivity index is 1.47. The summed E-state index contributed by atoms with van der Waals surface area (Å²) in [4.78, 5) is 16.8. The van der Waals surface area contributed by atoms with Crippen LogP contribution in [0.15, 0.2) is 52.1 Å². The largest absolute Gasteiger partial charge is 0.497 e. The van der Waals surface area contributed by atoms with Gasteiger partial charge in [-0.15, -0.1) is 0 Å². The smallest absolute Gasteiger partial charge is 0.283 e. The lowest BCUT2D eigenvalue weighted by atomic mass is 10.1. The molecule has 2 aliphatic rings. The SMILES string of the molecule is COc1ccc(OCCOc2c(Cl)cc(/C=C3\C(=N)N4N=C(C(C)C)SC4=NC3=O)cc2OC)cc1. The fourth-order valence-electron chi connectivity index (χ4n) is 3.35. The third-order valence-corrected chi connectivity index (χ3v) is 6.67. The molecule has 4 rings (SSSR count). The molecule has 1 N–H and O–H groups in total. The Bertz CT molecular complexity index is 1270. The van der Waals surface area contributed by atoms with Crippen LogP contribution < -0.4 is 18.9 Å². The third-order valence-electron chi connectivity index (χ3n) is 5.18. The van der Waals surface area contributed by atoms with Gasteiger partial charge in [0.15, 0.2) is 17.3 Å². The second kappa shape index (κ2) is 11.0. The van der Waals surface area contributed by atoms with Crippen molar-refractivity contribution in [3.05, 3.63) is 52.6 Å². The molecule has 2 heterocycles. The second-order valence-corrected chi connectivity index (χ2v) is 9.41. The number of amidine groups is 2. The Hall–Kier alpha value is -3.50. The zero-order chi connectivity index (χ0) is 25.8. The van der Waals surface area contributed by atoms with E-state index in [2.05, 4.69) is 10.1 Å². The van der Waals surface area contributed by atoms with Gasteiger partial charge in [-0.25, -0.2) is 0 Å². The molecule has 2 aromatic rings. The van der Waals surface area contributed by atoms with Crippen LogP contribution in [0.3, 0.4) is 0 Å². The van der Waals surface area contributed by atoms with Crippen LogP contribution in [0.1, 0.15) is 19.4 Å². The van der Waals surface area contributed by atoms with E-state index in [1.54, 1.807) is 25.3 Å². The quantitative estimate of drug-likeness (QED) is 0.357. The summed E-state index contributed by atoms with van der Waals surface area (Å²) < 4.78 is 22.1. The van der Waals surface area contributed by atoms with Gasteiger partial charge in [0.05, 0.1) is 24.8 Å². The molecule has 0 unspecified atom stereocenters. The van der Waals surface area contributed by atoms with Gasteiger partial charge >= 0.3 is 0 Å². The lowest BCUT2D eigenvalue weighted by molar-refractivity contribution is -0.114. The molecular formula is C25H25ClN4O5S. The molecule has 0 spiro atoms. The van der Waals surface area contributed by atoms with Crippen molar-refractivity contribution in [2.24, 2.45) is 16.0 Å². The topological polar surface area (TPSA) is 106 Å². The first-order chi connectivity index (χ1) is 17.3. The first-order valence-corrected chi connectivity index (χ1v) is 12.3. The van der Waals surface area contributed by atoms with Crippen LogP contribution in [0, 0.1) is 11.3 Å². The maximum absolute atomic E-state index is 12.7. The van der Waals surface area contributed by atoms with E-state index < -0.39 is 5.91 Å². The highest BCUT2D eigenvalue weighted by Crippen LogP contribution is 2.38. The van der Waals surface area contributed by atoms with E-state index in [1.165, 1.54) is 23.9 Å². The standard InChI is InChI=1S/C25H25ClN4O5S/c1-14(2)24-29-30-22(27)18(23(31)28-25(30)36-24)11-15-12-19(26)21(20(13-15)33-4)35-10-9-34-17-7-5-16(32-3)6-8-17/h5-8,11-14,27H,9-10H2,1-4H3/b18-11+,27-22?. The number of halogens is 1. The van der Waals surface area contributed by atoms with Crippen molar-refractivity contribution in [1.29, 1.82) is 5.41 Å². The van der Waals surface area contributed by atoms with E-state index in [4.69, 9.17) is 36.0 Å². The number of hydrazone groups is 1. The highest BCUT2D eigenvalue weighted by Gasteiger charge is 2.36. The number of rotatable bonds is 9. The Kier molecular flexibility index (Phi) is 7.85. The summed E-state index contributed by atoms with van der Waals surface area (Å²) in [5.41, 5.74) is 0.665. The minimum atomic E-state index is -0.509. The second-order valence-electron chi connectivity index (χ2n) is 8.02. The lowest BCUT2D eigenvalue weighted by Gasteiger charge is -2.20. The van der Waals surface area contributed by atoms with E-state index >= 15 is 0 Å². The van der Waals surface area contributed by atoms with Gasteiger partial charge < -0.3 is 18.9 Å². The number of hydrogen-bond acceptors (Lipinski definition) is 8. The Morgan fingerprint density at radius 2 is 1.78 bits per heavy atom. The summed E-state index contributed by atoms with van der Waals surface area (Å²) in [6, 6.07) is 10.6. The fraction of sp³-hybridized carbons (Fsp3) is 0.280. The normalized spacial score (nSPS) is 16.2. The molecule has 0 saturated carbocycles. The zero-order valence-electron chi connectivity index (χ0n) is 20.2. The number of thioether (sulfide) groups is 1. The van der Waals surface area contributed by atoms with Crippen molar-refractivity contribution < 1.29 is 23.7 Å². The van der Waals surface area contributed by atoms with Crippen molar-refractivity contribution in [2.45, 2.75) is 13.8 Å². The fourth-order valence-corrected chi connectivity index (χ4v) is 4.51. The number of hydrogen-bond donors (Lipinski definition) is 1. The summed E-state index contributed by atoms with van der Waals surface area (Å²) in [6.07, 6.45) is 1.55. The van der Waals surface area contributed by atoms with Gasteiger partial charge in [-0.3, -0.25) is 10.2 Å². The van der Waals surface area contributed by atoms with Crippen LogP contribution in [-0.4, -0.2) is 54.4 Å². The number of methoxy groups -OCH3 is 2. The van der Waals surface area contributed by atoms with Gasteiger partial charge in [0, 0.05) is 5.92 Å². The number of nitrogens with one attached hydrogen (secondary N) is 1. The van der Waals surface area contributed by atoms with Crippen LogP contribution in [0.2, 0.25) is 5.02 Å². The van der Waals surface area contributed by atoms with E-state index in [1.807, 2.05) is 38.1 Å². The Morgan fingerprint density at radius 1 is 1.08 bits per heavy atom. The summed E-state index contributed by atoms with van der Waals surface area (Å²) in [7, 11) is 3.10. The van der Waals surface area contributed by atoms with Crippen molar-refractivity contribution in [3.63, 3.8) is 0 Å². The highest BCUT2D eigenvalue weighted by molar-refractivity contribution is 8.27. The zero-order valence-corrected chi connectivity index (χ0v) is 21.8. The molecule has 0 saturated heterocycles. The van der Waals surface area contributed by atoms with Crippen LogP contribution in [0.4, 0.5) is 0 Å². The molecule has 0 bridgehead atoms. The van der Waals surface area contributed by atoms with Crippen molar-refractivity contribution in [1.82, 2.24) is 5.01 Å². The summed E-state index contributed by atoms with van der Waals surface area (Å²) in [5, 5.41) is 15.8. The van der Waals surface area contributed by atoms with Crippen molar-refractivity contribution in [2.75, 3.05) is 27.4 Å². The number of amides is 1.